The van der Waals surface area contributed by atoms with E-state index in [0.29, 0.717) is 12.0 Å². The molecule has 1 aromatic rings. The Balaban J connectivity index is 2.33. The van der Waals surface area contributed by atoms with Crippen LogP contribution in [0.3, 0.4) is 0 Å². The van der Waals surface area contributed by atoms with Crippen molar-refractivity contribution >= 4 is 0 Å². The van der Waals surface area contributed by atoms with Gasteiger partial charge in [0, 0.05) is 0 Å². The maximum absolute atomic E-state index is 3.81. The first-order valence-electron chi connectivity index (χ1n) is 28.8. The van der Waals surface area contributed by atoms with Gasteiger partial charge in [0.05, 0.1) is 12.0 Å². The molecule has 0 spiro atoms. The molecule has 0 saturated heterocycles. The van der Waals surface area contributed by atoms with Gasteiger partial charge in [0.1, 0.15) is 12.4 Å². The summed E-state index contributed by atoms with van der Waals surface area (Å²) < 4.78 is 2.67. The second-order valence-corrected chi connectivity index (χ2v) is 20.4. The van der Waals surface area contributed by atoms with Gasteiger partial charge >= 0.3 is 0 Å². The van der Waals surface area contributed by atoms with Crippen LogP contribution in [0.15, 0.2) is 12.4 Å². The van der Waals surface area contributed by atoms with E-state index >= 15 is 0 Å². The summed E-state index contributed by atoms with van der Waals surface area (Å²) in [7, 11) is 0. The number of aromatic nitrogens is 2. The SMILES string of the molecule is CCCCCCCCCCCCCCCCCCCC(CCCCCCCCCCCCCCCC)c1[nH]cc[n+]1C(C)CCCCCCCCCCCCCCCCC. The van der Waals surface area contributed by atoms with Gasteiger partial charge in [-0.1, -0.05) is 310 Å². The Morgan fingerprint density at radius 2 is 0.533 bits per heavy atom. The molecule has 0 radical (unpaired) electrons. The summed E-state index contributed by atoms with van der Waals surface area (Å²) in [4.78, 5) is 3.81. The molecule has 0 aromatic carbocycles. The van der Waals surface area contributed by atoms with E-state index in [0.717, 1.165) is 0 Å². The van der Waals surface area contributed by atoms with Crippen molar-refractivity contribution < 1.29 is 4.57 Å². The second kappa shape index (κ2) is 47.7. The number of imidazole rings is 1. The van der Waals surface area contributed by atoms with Gasteiger partial charge in [-0.3, -0.25) is 0 Å². The number of hydrogen-bond acceptors (Lipinski definition) is 0. The third-order valence-electron chi connectivity index (χ3n) is 14.4. The maximum atomic E-state index is 3.81. The molecule has 0 aliphatic carbocycles. The van der Waals surface area contributed by atoms with Gasteiger partial charge < -0.3 is 0 Å². The molecular formula is C58H115N2+. The number of H-pyrrole nitrogens is 1. The minimum Gasteiger partial charge on any atom is -0.247 e. The Bertz CT molecular complexity index is 920. The summed E-state index contributed by atoms with van der Waals surface area (Å²) in [6.07, 6.45) is 75.5. The predicted molar refractivity (Wildman–Crippen MR) is 272 cm³/mol. The number of hydrogen-bond donors (Lipinski definition) is 1. The normalized spacial score (nSPS) is 12.8. The quantitative estimate of drug-likeness (QED) is 0.0498. The second-order valence-electron chi connectivity index (χ2n) is 20.4. The van der Waals surface area contributed by atoms with E-state index in [9.17, 15) is 0 Å². The van der Waals surface area contributed by atoms with Crippen LogP contribution in [0.2, 0.25) is 0 Å². The first-order valence-corrected chi connectivity index (χ1v) is 28.8. The van der Waals surface area contributed by atoms with Gasteiger partial charge in [0.2, 0.25) is 0 Å². The molecule has 2 atom stereocenters. The zero-order valence-electron chi connectivity index (χ0n) is 42.4. The van der Waals surface area contributed by atoms with Crippen molar-refractivity contribution in [2.24, 2.45) is 0 Å². The number of unbranched alkanes of at least 4 members (excludes halogenated alkanes) is 43. The molecule has 1 N–H and O–H groups in total. The van der Waals surface area contributed by atoms with E-state index in [4.69, 9.17) is 0 Å². The first-order chi connectivity index (χ1) is 29.7. The molecule has 1 heterocycles. The van der Waals surface area contributed by atoms with Crippen molar-refractivity contribution in [2.75, 3.05) is 0 Å². The van der Waals surface area contributed by atoms with E-state index in [1.165, 1.54) is 315 Å². The minimum atomic E-state index is 0.614. The molecule has 2 heteroatoms. The predicted octanol–water partition coefficient (Wildman–Crippen LogP) is 21.1. The molecule has 0 saturated carbocycles. The van der Waals surface area contributed by atoms with Crippen LogP contribution in [0.25, 0.3) is 0 Å². The lowest BCUT2D eigenvalue weighted by atomic mass is 9.92. The summed E-state index contributed by atoms with van der Waals surface area (Å²) >= 11 is 0. The lowest BCUT2D eigenvalue weighted by Crippen LogP contribution is -2.41. The highest BCUT2D eigenvalue weighted by Crippen LogP contribution is 2.28. The van der Waals surface area contributed by atoms with Crippen molar-refractivity contribution in [1.82, 2.24) is 4.98 Å². The number of nitrogens with zero attached hydrogens (tertiary/aromatic N) is 1. The average Bonchev–Trinajstić information content (AvgIpc) is 3.75. The fourth-order valence-corrected chi connectivity index (χ4v) is 10.1. The number of aromatic amines is 1. The van der Waals surface area contributed by atoms with Crippen molar-refractivity contribution in [3.05, 3.63) is 18.2 Å². The Morgan fingerprint density at radius 3 is 0.783 bits per heavy atom. The first kappa shape index (κ1) is 57.2. The van der Waals surface area contributed by atoms with E-state index in [-0.39, 0.29) is 0 Å². The molecule has 1 rings (SSSR count). The minimum absolute atomic E-state index is 0.614. The summed E-state index contributed by atoms with van der Waals surface area (Å²) in [5, 5.41) is 0. The van der Waals surface area contributed by atoms with E-state index < -0.39 is 0 Å². The van der Waals surface area contributed by atoms with Crippen molar-refractivity contribution in [1.29, 1.82) is 0 Å². The van der Waals surface area contributed by atoms with Crippen LogP contribution in [0.4, 0.5) is 0 Å². The number of rotatable bonds is 51. The van der Waals surface area contributed by atoms with Crippen LogP contribution < -0.4 is 4.57 Å². The molecular weight excluding hydrogens is 725 g/mol. The Kier molecular flexibility index (Phi) is 45.5. The van der Waals surface area contributed by atoms with Crippen molar-refractivity contribution in [2.45, 2.75) is 354 Å². The summed E-state index contributed by atoms with van der Waals surface area (Å²) in [6.45, 7) is 9.46. The van der Waals surface area contributed by atoms with Crippen LogP contribution >= 0.6 is 0 Å². The monoisotopic (exact) mass is 840 g/mol. The Morgan fingerprint density at radius 1 is 0.317 bits per heavy atom. The third-order valence-corrected chi connectivity index (χ3v) is 14.4. The van der Waals surface area contributed by atoms with Gasteiger partial charge in [0.25, 0.3) is 5.82 Å². The highest BCUT2D eigenvalue weighted by Gasteiger charge is 2.25. The largest absolute Gasteiger partial charge is 0.257 e. The molecule has 0 bridgehead atoms. The molecule has 1 aromatic heterocycles. The smallest absolute Gasteiger partial charge is 0.247 e. The lowest BCUT2D eigenvalue weighted by molar-refractivity contribution is -0.727. The molecule has 356 valence electrons. The van der Waals surface area contributed by atoms with Crippen molar-refractivity contribution in [3.63, 3.8) is 0 Å². The Hall–Kier alpha value is -0.790. The highest BCUT2D eigenvalue weighted by atomic mass is 15.1. The molecule has 60 heavy (non-hydrogen) atoms. The molecule has 2 nitrogen and oxygen atoms in total. The fourth-order valence-electron chi connectivity index (χ4n) is 10.1. The van der Waals surface area contributed by atoms with E-state index in [1.807, 2.05) is 0 Å². The average molecular weight is 841 g/mol. The van der Waals surface area contributed by atoms with E-state index in [2.05, 4.69) is 49.6 Å². The molecule has 2 unspecified atom stereocenters. The molecule has 0 aliphatic heterocycles. The van der Waals surface area contributed by atoms with Gasteiger partial charge in [-0.15, -0.1) is 0 Å². The maximum Gasteiger partial charge on any atom is 0.257 e. The molecule has 0 fully saturated rings. The molecule has 0 amide bonds. The highest BCUT2D eigenvalue weighted by molar-refractivity contribution is 4.90. The van der Waals surface area contributed by atoms with Crippen LogP contribution in [-0.4, -0.2) is 4.98 Å². The van der Waals surface area contributed by atoms with Gasteiger partial charge in [0.15, 0.2) is 0 Å². The Labute approximate surface area is 380 Å². The van der Waals surface area contributed by atoms with Gasteiger partial charge in [-0.25, -0.2) is 9.55 Å². The van der Waals surface area contributed by atoms with Gasteiger partial charge in [-0.05, 0) is 32.6 Å². The van der Waals surface area contributed by atoms with Crippen LogP contribution in [0.1, 0.15) is 360 Å². The van der Waals surface area contributed by atoms with Crippen LogP contribution in [0.5, 0.6) is 0 Å². The van der Waals surface area contributed by atoms with Gasteiger partial charge in [-0.2, -0.15) is 0 Å². The zero-order valence-corrected chi connectivity index (χ0v) is 42.4. The zero-order chi connectivity index (χ0) is 43.1. The van der Waals surface area contributed by atoms with Crippen molar-refractivity contribution in [3.8, 4) is 0 Å². The number of nitrogens with one attached hydrogen (secondary N) is 1. The molecule has 0 aliphatic rings. The van der Waals surface area contributed by atoms with Crippen LogP contribution in [0, 0.1) is 0 Å². The van der Waals surface area contributed by atoms with E-state index in [1.54, 1.807) is 5.82 Å². The third kappa shape index (κ3) is 37.7. The summed E-state index contributed by atoms with van der Waals surface area (Å²) in [5.41, 5.74) is 0. The summed E-state index contributed by atoms with van der Waals surface area (Å²) in [5.74, 6) is 2.26. The van der Waals surface area contributed by atoms with Crippen LogP contribution in [-0.2, 0) is 0 Å². The lowest BCUT2D eigenvalue weighted by Gasteiger charge is -2.17. The summed E-state index contributed by atoms with van der Waals surface area (Å²) in [6, 6.07) is 0.614. The fraction of sp³-hybridized carbons (Fsp3) is 0.948. The standard InChI is InChI=1S/C58H114N2/c1-5-8-11-14-17-20-23-26-29-30-32-35-38-41-44-47-50-53-57(52-49-46-43-40-37-34-28-25-22-19-16-13-10-7-3)58-59-54-55-60(58)56(4)51-48-45-42-39-36-33-31-27-24-21-18-15-12-9-6-2/h54-57H,5-53H2,1-4H3/p+1. The topological polar surface area (TPSA) is 19.7 Å².